The molecule has 3 aromatic rings. The van der Waals surface area contributed by atoms with E-state index in [0.29, 0.717) is 80.6 Å². The number of fused-ring (bicyclic) bond motifs is 2. The number of rotatable bonds is 6. The first-order valence-corrected chi connectivity index (χ1v) is 11.6. The molecule has 12 heteroatoms. The van der Waals surface area contributed by atoms with Crippen molar-refractivity contribution in [3.8, 4) is 17.5 Å². The maximum atomic E-state index is 14.6. The fourth-order valence-corrected chi connectivity index (χ4v) is 4.32. The van der Waals surface area contributed by atoms with Crippen molar-refractivity contribution in [1.29, 1.82) is 0 Å². The highest BCUT2D eigenvalue weighted by molar-refractivity contribution is 6.33. The molecular formula is C23H24ClFN6O4. The number of aromatic nitrogens is 3. The molecule has 1 amide bonds. The van der Waals surface area contributed by atoms with Gasteiger partial charge in [-0.1, -0.05) is 11.6 Å². The third-order valence-corrected chi connectivity index (χ3v) is 6.25. The van der Waals surface area contributed by atoms with Gasteiger partial charge in [-0.15, -0.1) is 0 Å². The molecule has 5 heterocycles. The Balaban J connectivity index is 1.17. The number of piperazine rings is 1. The van der Waals surface area contributed by atoms with Gasteiger partial charge in [0.25, 0.3) is 11.8 Å². The molecule has 1 N–H and O–H groups in total. The summed E-state index contributed by atoms with van der Waals surface area (Å²) in [5.41, 5.74) is 4.60. The third-order valence-electron chi connectivity index (χ3n) is 5.96. The van der Waals surface area contributed by atoms with Crippen LogP contribution < -0.4 is 19.6 Å². The zero-order valence-electron chi connectivity index (χ0n) is 19.1. The van der Waals surface area contributed by atoms with Gasteiger partial charge in [-0.3, -0.25) is 15.2 Å². The number of hydrazine groups is 1. The lowest BCUT2D eigenvalue weighted by molar-refractivity contribution is 0.0615. The smallest absolute Gasteiger partial charge is 0.285 e. The Labute approximate surface area is 205 Å². The Hall–Kier alpha value is -3.28. The molecule has 10 nitrogen and oxygen atoms in total. The van der Waals surface area contributed by atoms with Crippen molar-refractivity contribution >= 4 is 28.5 Å². The van der Waals surface area contributed by atoms with Gasteiger partial charge in [0.1, 0.15) is 19.0 Å². The van der Waals surface area contributed by atoms with Crippen LogP contribution in [0.25, 0.3) is 11.0 Å². The summed E-state index contributed by atoms with van der Waals surface area (Å²) in [6.07, 6.45) is 1.71. The van der Waals surface area contributed by atoms with Crippen molar-refractivity contribution in [3.63, 3.8) is 0 Å². The molecule has 0 aliphatic carbocycles. The number of nitrogens with one attached hydrogen (secondary N) is 1. The number of carbonyl (C=O) groups is 1. The van der Waals surface area contributed by atoms with E-state index in [0.717, 1.165) is 0 Å². The number of carbonyl (C=O) groups excluding carboxylic acids is 1. The molecule has 0 unspecified atom stereocenters. The van der Waals surface area contributed by atoms with Gasteiger partial charge in [-0.05, 0) is 12.5 Å². The maximum absolute atomic E-state index is 14.6. The highest BCUT2D eigenvalue weighted by atomic mass is 35.5. The number of methoxy groups -OCH3 is 1. The Morgan fingerprint density at radius 2 is 2.00 bits per heavy atom. The standard InChI is InChI=1S/C23H24ClFN6O4/c1-33-19-3-2-17-20(27-19)14(16(25)13-26-17)4-5-30-6-8-31(9-7-30)29-22(32)21-15(24)12-18-23(28-21)35-11-10-34-18/h2-3,12-13H,4-11H2,1H3,(H,29,32). The zero-order chi connectivity index (χ0) is 24.4. The Morgan fingerprint density at radius 1 is 1.20 bits per heavy atom. The Morgan fingerprint density at radius 3 is 2.80 bits per heavy atom. The van der Waals surface area contributed by atoms with Crippen LogP contribution in [-0.2, 0) is 6.42 Å². The van der Waals surface area contributed by atoms with Crippen LogP contribution in [0.4, 0.5) is 4.39 Å². The summed E-state index contributed by atoms with van der Waals surface area (Å²) < 4.78 is 30.6. The summed E-state index contributed by atoms with van der Waals surface area (Å²) in [6, 6.07) is 5.02. The predicted octanol–water partition coefficient (Wildman–Crippen LogP) is 2.10. The van der Waals surface area contributed by atoms with Gasteiger partial charge in [0, 0.05) is 50.4 Å². The highest BCUT2D eigenvalue weighted by Crippen LogP contribution is 2.32. The van der Waals surface area contributed by atoms with Crippen LogP contribution in [-0.4, -0.2) is 83.8 Å². The van der Waals surface area contributed by atoms with Crippen LogP contribution >= 0.6 is 11.6 Å². The van der Waals surface area contributed by atoms with E-state index in [1.165, 1.54) is 13.3 Å². The van der Waals surface area contributed by atoms with Crippen LogP contribution in [0.5, 0.6) is 17.5 Å². The van der Waals surface area contributed by atoms with E-state index in [2.05, 4.69) is 25.3 Å². The van der Waals surface area contributed by atoms with E-state index in [1.54, 1.807) is 18.2 Å². The second kappa shape index (κ2) is 10.1. The van der Waals surface area contributed by atoms with Crippen molar-refractivity contribution < 1.29 is 23.4 Å². The summed E-state index contributed by atoms with van der Waals surface area (Å²) in [7, 11) is 1.52. The maximum Gasteiger partial charge on any atom is 0.285 e. The van der Waals surface area contributed by atoms with Gasteiger partial charge < -0.3 is 19.1 Å². The SMILES string of the molecule is COc1ccc2ncc(F)c(CCN3CCN(NC(=O)c4nc5c(cc4Cl)OCCO5)CC3)c2n1. The molecule has 0 bridgehead atoms. The normalized spacial score (nSPS) is 16.3. The van der Waals surface area contributed by atoms with E-state index in [9.17, 15) is 9.18 Å². The van der Waals surface area contributed by atoms with Crippen molar-refractivity contribution in [2.75, 3.05) is 53.0 Å². The topological polar surface area (TPSA) is 102 Å². The minimum absolute atomic E-state index is 0.0846. The molecule has 0 saturated carbocycles. The number of pyridine rings is 3. The summed E-state index contributed by atoms with van der Waals surface area (Å²) in [5.74, 6) is 0.318. The average Bonchev–Trinajstić information content (AvgIpc) is 2.88. The van der Waals surface area contributed by atoms with E-state index in [-0.39, 0.29) is 22.4 Å². The second-order valence-corrected chi connectivity index (χ2v) is 8.55. The van der Waals surface area contributed by atoms with Gasteiger partial charge >= 0.3 is 0 Å². The van der Waals surface area contributed by atoms with Gasteiger partial charge in [0.2, 0.25) is 5.88 Å². The monoisotopic (exact) mass is 502 g/mol. The summed E-state index contributed by atoms with van der Waals surface area (Å²) in [5, 5.41) is 2.02. The molecule has 35 heavy (non-hydrogen) atoms. The first-order valence-electron chi connectivity index (χ1n) is 11.2. The van der Waals surface area contributed by atoms with E-state index in [4.69, 9.17) is 25.8 Å². The van der Waals surface area contributed by atoms with E-state index < -0.39 is 5.91 Å². The minimum atomic E-state index is -0.411. The number of halogens is 2. The van der Waals surface area contributed by atoms with Crippen molar-refractivity contribution in [2.24, 2.45) is 0 Å². The van der Waals surface area contributed by atoms with Crippen LogP contribution in [0.2, 0.25) is 5.02 Å². The lowest BCUT2D eigenvalue weighted by atomic mass is 10.1. The Bertz CT molecular complexity index is 1250. The molecule has 0 aromatic carbocycles. The molecule has 5 rings (SSSR count). The molecule has 2 aliphatic rings. The van der Waals surface area contributed by atoms with Crippen molar-refractivity contribution in [1.82, 2.24) is 30.3 Å². The van der Waals surface area contributed by atoms with Crippen molar-refractivity contribution in [3.05, 3.63) is 46.5 Å². The number of amides is 1. The highest BCUT2D eigenvalue weighted by Gasteiger charge is 2.24. The van der Waals surface area contributed by atoms with Gasteiger partial charge in [0.05, 0.1) is 29.4 Å². The predicted molar refractivity (Wildman–Crippen MR) is 125 cm³/mol. The molecule has 0 spiro atoms. The molecule has 1 fully saturated rings. The number of hydrogen-bond donors (Lipinski definition) is 1. The quantitative estimate of drug-likeness (QED) is 0.543. The molecule has 0 atom stereocenters. The second-order valence-electron chi connectivity index (χ2n) is 8.14. The molecule has 1 saturated heterocycles. The average molecular weight is 503 g/mol. The molecular weight excluding hydrogens is 479 g/mol. The first kappa shape index (κ1) is 23.5. The molecule has 2 aliphatic heterocycles. The van der Waals surface area contributed by atoms with Crippen molar-refractivity contribution in [2.45, 2.75) is 6.42 Å². The largest absolute Gasteiger partial charge is 0.484 e. The zero-order valence-corrected chi connectivity index (χ0v) is 19.8. The molecule has 184 valence electrons. The van der Waals surface area contributed by atoms with Crippen LogP contribution in [0.3, 0.4) is 0 Å². The van der Waals surface area contributed by atoms with Crippen LogP contribution in [0, 0.1) is 5.82 Å². The summed E-state index contributed by atoms with van der Waals surface area (Å²) in [6.45, 7) is 4.02. The Kier molecular flexibility index (Phi) is 6.80. The molecule has 3 aromatic heterocycles. The third kappa shape index (κ3) is 5.07. The van der Waals surface area contributed by atoms with E-state index >= 15 is 0 Å². The minimum Gasteiger partial charge on any atom is -0.484 e. The lowest BCUT2D eigenvalue weighted by Crippen LogP contribution is -2.54. The number of ether oxygens (including phenoxy) is 3. The van der Waals surface area contributed by atoms with E-state index in [1.807, 2.05) is 5.01 Å². The van der Waals surface area contributed by atoms with Crippen LogP contribution in [0.15, 0.2) is 24.4 Å². The van der Waals surface area contributed by atoms with Crippen LogP contribution in [0.1, 0.15) is 16.1 Å². The van der Waals surface area contributed by atoms with Gasteiger partial charge in [-0.25, -0.2) is 19.4 Å². The lowest BCUT2D eigenvalue weighted by Gasteiger charge is -2.34. The van der Waals surface area contributed by atoms with Gasteiger partial charge in [-0.2, -0.15) is 0 Å². The fraction of sp³-hybridized carbons (Fsp3) is 0.391. The number of hydrogen-bond acceptors (Lipinski definition) is 9. The fourth-order valence-electron chi connectivity index (χ4n) is 4.09. The summed E-state index contributed by atoms with van der Waals surface area (Å²) in [4.78, 5) is 27.7. The summed E-state index contributed by atoms with van der Waals surface area (Å²) >= 11 is 6.24. The number of nitrogens with zero attached hydrogens (tertiary/aromatic N) is 5. The van der Waals surface area contributed by atoms with Gasteiger partial charge in [0.15, 0.2) is 11.4 Å². The first-order chi connectivity index (χ1) is 17.0. The molecule has 0 radical (unpaired) electrons.